The number of amides is 1. The fourth-order valence-corrected chi connectivity index (χ4v) is 3.45. The Morgan fingerprint density at radius 3 is 2.75 bits per heavy atom. The van der Waals surface area contributed by atoms with Gasteiger partial charge in [-0.1, -0.05) is 25.4 Å². The van der Waals surface area contributed by atoms with Crippen LogP contribution in [0.2, 0.25) is 5.15 Å². The van der Waals surface area contributed by atoms with Crippen LogP contribution in [-0.2, 0) is 16.1 Å². The number of anilines is 1. The minimum Gasteiger partial charge on any atom is -0.454 e. The number of nitrogens with one attached hydrogen (secondary N) is 1. The van der Waals surface area contributed by atoms with Gasteiger partial charge in [0.2, 0.25) is 5.91 Å². The van der Waals surface area contributed by atoms with E-state index < -0.39 is 12.6 Å². The topological polar surface area (TPSA) is 90.3 Å². The number of hydrogen-bond acceptors (Lipinski definition) is 5. The van der Waals surface area contributed by atoms with Crippen molar-refractivity contribution in [1.82, 2.24) is 9.78 Å². The number of halogens is 1. The second-order valence-electron chi connectivity index (χ2n) is 7.34. The van der Waals surface area contributed by atoms with Gasteiger partial charge in [0.1, 0.15) is 10.7 Å². The van der Waals surface area contributed by atoms with Crippen LogP contribution in [0.15, 0.2) is 18.2 Å². The van der Waals surface area contributed by atoms with Gasteiger partial charge in [-0.15, -0.1) is 0 Å². The lowest BCUT2D eigenvalue weighted by Gasteiger charge is -2.08. The fraction of sp³-hybridized carbons (Fsp3) is 0.400. The third-order valence-corrected chi connectivity index (χ3v) is 5.02. The summed E-state index contributed by atoms with van der Waals surface area (Å²) < 4.78 is 6.74. The van der Waals surface area contributed by atoms with Gasteiger partial charge in [0.05, 0.1) is 11.6 Å². The zero-order valence-corrected chi connectivity index (χ0v) is 17.0. The van der Waals surface area contributed by atoms with E-state index in [9.17, 15) is 14.4 Å². The second-order valence-corrected chi connectivity index (χ2v) is 7.70. The molecular formula is C20H22ClN3O4. The fourth-order valence-electron chi connectivity index (χ4n) is 3.13. The molecule has 0 unspecified atom stereocenters. The highest BCUT2D eigenvalue weighted by atomic mass is 35.5. The average Bonchev–Trinajstić information content (AvgIpc) is 3.07. The third kappa shape index (κ3) is 3.80. The van der Waals surface area contributed by atoms with Crippen molar-refractivity contribution in [2.75, 3.05) is 11.9 Å². The predicted molar refractivity (Wildman–Crippen MR) is 105 cm³/mol. The standard InChI is InChI=1S/C20H22ClN3O4/c1-10(2)8-24-18(21)17(12(4)23-24)20(27)28-9-16(25)13-5-6-15-14(7-13)11(3)19(26)22-15/h5-7,10-11H,8-9H2,1-4H3,(H,22,26)/t11-/m1/s1. The van der Waals surface area contributed by atoms with E-state index in [1.165, 1.54) is 0 Å². The summed E-state index contributed by atoms with van der Waals surface area (Å²) in [6, 6.07) is 4.95. The number of esters is 1. The molecule has 0 saturated heterocycles. The normalized spacial score (nSPS) is 15.5. The van der Waals surface area contributed by atoms with Gasteiger partial charge in [-0.2, -0.15) is 5.10 Å². The van der Waals surface area contributed by atoms with E-state index in [2.05, 4.69) is 10.4 Å². The molecule has 1 N–H and O–H groups in total. The molecule has 0 aliphatic carbocycles. The number of fused-ring (bicyclic) bond motifs is 1. The van der Waals surface area contributed by atoms with Gasteiger partial charge in [-0.25, -0.2) is 4.79 Å². The number of nitrogens with zero attached hydrogens (tertiary/aromatic N) is 2. The lowest BCUT2D eigenvalue weighted by molar-refractivity contribution is -0.116. The van der Waals surface area contributed by atoms with Gasteiger partial charge in [-0.3, -0.25) is 14.3 Å². The predicted octanol–water partition coefficient (Wildman–Crippen LogP) is 3.60. The smallest absolute Gasteiger partial charge is 0.343 e. The Labute approximate surface area is 168 Å². The molecule has 1 aliphatic rings. The van der Waals surface area contributed by atoms with Crippen molar-refractivity contribution in [3.63, 3.8) is 0 Å². The van der Waals surface area contributed by atoms with Crippen LogP contribution in [0.25, 0.3) is 0 Å². The first-order valence-electron chi connectivity index (χ1n) is 9.07. The number of aryl methyl sites for hydroxylation is 1. The zero-order chi connectivity index (χ0) is 20.6. The van der Waals surface area contributed by atoms with Crippen molar-refractivity contribution >= 4 is 34.9 Å². The van der Waals surface area contributed by atoms with Crippen molar-refractivity contribution < 1.29 is 19.1 Å². The molecule has 8 heteroatoms. The van der Waals surface area contributed by atoms with Crippen LogP contribution in [0, 0.1) is 12.8 Å². The van der Waals surface area contributed by atoms with Crippen LogP contribution in [0.3, 0.4) is 0 Å². The number of carbonyl (C=O) groups excluding carboxylic acids is 3. The van der Waals surface area contributed by atoms with E-state index in [0.717, 1.165) is 5.56 Å². The van der Waals surface area contributed by atoms with Crippen molar-refractivity contribution in [3.8, 4) is 0 Å². The van der Waals surface area contributed by atoms with Crippen LogP contribution < -0.4 is 5.32 Å². The molecule has 0 spiro atoms. The Kier molecular flexibility index (Phi) is 5.56. The third-order valence-electron chi connectivity index (χ3n) is 4.63. The Morgan fingerprint density at radius 2 is 2.07 bits per heavy atom. The summed E-state index contributed by atoms with van der Waals surface area (Å²) in [4.78, 5) is 36.6. The molecule has 1 amide bonds. The summed E-state index contributed by atoms with van der Waals surface area (Å²) in [5.74, 6) is -1.15. The Bertz CT molecular complexity index is 965. The minimum atomic E-state index is -0.683. The first-order chi connectivity index (χ1) is 13.2. The molecule has 0 fully saturated rings. The van der Waals surface area contributed by atoms with E-state index >= 15 is 0 Å². The molecule has 148 valence electrons. The Balaban J connectivity index is 1.70. The lowest BCUT2D eigenvalue weighted by atomic mass is 9.99. The molecule has 2 heterocycles. The maximum atomic E-state index is 12.5. The van der Waals surface area contributed by atoms with Crippen LogP contribution >= 0.6 is 11.6 Å². The molecule has 1 atom stereocenters. The average molecular weight is 404 g/mol. The first kappa shape index (κ1) is 20.1. The highest BCUT2D eigenvalue weighted by Gasteiger charge is 2.28. The Hall–Kier alpha value is -2.67. The van der Waals surface area contributed by atoms with Gasteiger partial charge in [0.25, 0.3) is 0 Å². The lowest BCUT2D eigenvalue weighted by Crippen LogP contribution is -2.15. The van der Waals surface area contributed by atoms with Gasteiger partial charge in [0, 0.05) is 17.8 Å². The van der Waals surface area contributed by atoms with Crippen LogP contribution in [0.1, 0.15) is 58.7 Å². The maximum absolute atomic E-state index is 12.5. The number of rotatable bonds is 6. The first-order valence-corrected chi connectivity index (χ1v) is 9.44. The summed E-state index contributed by atoms with van der Waals surface area (Å²) in [6.07, 6.45) is 0. The van der Waals surface area contributed by atoms with Gasteiger partial charge >= 0.3 is 5.97 Å². The maximum Gasteiger partial charge on any atom is 0.343 e. The molecule has 28 heavy (non-hydrogen) atoms. The number of aromatic nitrogens is 2. The number of hydrogen-bond donors (Lipinski definition) is 1. The van der Waals surface area contributed by atoms with Crippen molar-refractivity contribution in [2.45, 2.75) is 40.2 Å². The SMILES string of the molecule is Cc1nn(CC(C)C)c(Cl)c1C(=O)OCC(=O)c1ccc2c(c1)[C@@H](C)C(=O)N2. The summed E-state index contributed by atoms with van der Waals surface area (Å²) in [6.45, 7) is 7.64. The summed E-state index contributed by atoms with van der Waals surface area (Å²) in [7, 11) is 0. The van der Waals surface area contributed by atoms with E-state index in [4.69, 9.17) is 16.3 Å². The van der Waals surface area contributed by atoms with Crippen LogP contribution in [0.5, 0.6) is 0 Å². The second kappa shape index (κ2) is 7.75. The molecule has 0 saturated carbocycles. The largest absolute Gasteiger partial charge is 0.454 e. The zero-order valence-electron chi connectivity index (χ0n) is 16.2. The summed E-state index contributed by atoms with van der Waals surface area (Å²) in [5, 5.41) is 7.23. The molecule has 7 nitrogen and oxygen atoms in total. The monoisotopic (exact) mass is 403 g/mol. The van der Waals surface area contributed by atoms with Crippen molar-refractivity contribution in [1.29, 1.82) is 0 Å². The number of carbonyl (C=O) groups is 3. The molecular weight excluding hydrogens is 382 g/mol. The number of Topliss-reactive ketones (excluding diaryl/α,β-unsaturated/α-hetero) is 1. The van der Waals surface area contributed by atoms with Gasteiger partial charge in [-0.05, 0) is 43.5 Å². The number of ketones is 1. The molecule has 0 radical (unpaired) electrons. The van der Waals surface area contributed by atoms with E-state index in [1.54, 1.807) is 36.7 Å². The van der Waals surface area contributed by atoms with E-state index in [-0.39, 0.29) is 28.3 Å². The quantitative estimate of drug-likeness (QED) is 0.587. The highest BCUT2D eigenvalue weighted by Crippen LogP contribution is 2.32. The molecule has 3 rings (SSSR count). The molecule has 2 aromatic rings. The van der Waals surface area contributed by atoms with Gasteiger partial charge in [0.15, 0.2) is 12.4 Å². The molecule has 0 bridgehead atoms. The van der Waals surface area contributed by atoms with Crippen LogP contribution in [0.4, 0.5) is 5.69 Å². The number of benzene rings is 1. The van der Waals surface area contributed by atoms with Gasteiger partial charge < -0.3 is 10.1 Å². The summed E-state index contributed by atoms with van der Waals surface area (Å²) in [5.41, 5.74) is 2.47. The molecule has 1 aromatic carbocycles. The van der Waals surface area contributed by atoms with Crippen LogP contribution in [-0.4, -0.2) is 34.0 Å². The minimum absolute atomic E-state index is 0.102. The molecule has 1 aromatic heterocycles. The summed E-state index contributed by atoms with van der Waals surface area (Å²) >= 11 is 6.27. The van der Waals surface area contributed by atoms with E-state index in [1.807, 2.05) is 13.8 Å². The van der Waals surface area contributed by atoms with Crippen molar-refractivity contribution in [3.05, 3.63) is 45.7 Å². The number of ether oxygens (including phenoxy) is 1. The van der Waals surface area contributed by atoms with E-state index in [0.29, 0.717) is 29.4 Å². The van der Waals surface area contributed by atoms with Crippen molar-refractivity contribution in [2.24, 2.45) is 5.92 Å². The Morgan fingerprint density at radius 1 is 1.36 bits per heavy atom. The molecule has 1 aliphatic heterocycles. The highest BCUT2D eigenvalue weighted by molar-refractivity contribution is 6.32.